The first-order valence-electron chi connectivity index (χ1n) is 5.73. The smallest absolute Gasteiger partial charge is 0.0589 e. The van der Waals surface area contributed by atoms with Crippen molar-refractivity contribution in [1.82, 2.24) is 10.2 Å². The molecule has 1 fully saturated rings. The number of rotatable bonds is 7. The summed E-state index contributed by atoms with van der Waals surface area (Å²) in [5.41, 5.74) is 0. The van der Waals surface area contributed by atoms with Gasteiger partial charge in [-0.05, 0) is 12.8 Å². The highest BCUT2D eigenvalue weighted by Crippen LogP contribution is 2.11. The highest BCUT2D eigenvalue weighted by atomic mass is 16.5. The monoisotopic (exact) mass is 215 g/mol. The molecule has 0 saturated carbocycles. The second-order valence-corrected chi connectivity index (χ2v) is 3.92. The molecule has 0 aliphatic carbocycles. The van der Waals surface area contributed by atoms with E-state index in [1.54, 1.807) is 14.2 Å². The summed E-state index contributed by atoms with van der Waals surface area (Å²) in [4.78, 5) is 2.47. The lowest BCUT2D eigenvalue weighted by molar-refractivity contribution is 0.0760. The number of ether oxygens (including phenoxy) is 2. The summed E-state index contributed by atoms with van der Waals surface area (Å²) in [6.07, 6.45) is 2.38. The van der Waals surface area contributed by atoms with Crippen LogP contribution < -0.4 is 5.32 Å². The van der Waals surface area contributed by atoms with Crippen LogP contribution in [0.1, 0.15) is 12.8 Å². The van der Waals surface area contributed by atoms with Gasteiger partial charge in [0, 0.05) is 46.4 Å². The SMILES string of the molecule is COCCN(CCOC)C1CC[N]CC1. The Morgan fingerprint density at radius 3 is 2.07 bits per heavy atom. The van der Waals surface area contributed by atoms with Crippen LogP contribution in [0.2, 0.25) is 0 Å². The molecule has 1 aliphatic heterocycles. The van der Waals surface area contributed by atoms with Gasteiger partial charge < -0.3 is 9.47 Å². The maximum Gasteiger partial charge on any atom is 0.0589 e. The molecular weight excluding hydrogens is 192 g/mol. The van der Waals surface area contributed by atoms with Crippen molar-refractivity contribution in [3.63, 3.8) is 0 Å². The molecule has 1 radical (unpaired) electrons. The second kappa shape index (κ2) is 8.05. The summed E-state index contributed by atoms with van der Waals surface area (Å²) >= 11 is 0. The third kappa shape index (κ3) is 4.93. The van der Waals surface area contributed by atoms with E-state index >= 15 is 0 Å². The number of methoxy groups -OCH3 is 2. The third-order valence-corrected chi connectivity index (χ3v) is 2.92. The average Bonchev–Trinajstić information content (AvgIpc) is 2.30. The maximum atomic E-state index is 5.14. The second-order valence-electron chi connectivity index (χ2n) is 3.92. The minimum absolute atomic E-state index is 0.674. The van der Waals surface area contributed by atoms with Gasteiger partial charge in [-0.15, -0.1) is 0 Å². The quantitative estimate of drug-likeness (QED) is 0.615. The molecule has 0 atom stereocenters. The van der Waals surface area contributed by atoms with Gasteiger partial charge in [-0.25, -0.2) is 5.32 Å². The molecule has 0 aromatic carbocycles. The average molecular weight is 215 g/mol. The zero-order valence-corrected chi connectivity index (χ0v) is 9.95. The van der Waals surface area contributed by atoms with Crippen molar-refractivity contribution in [3.8, 4) is 0 Å². The number of piperidine rings is 1. The summed E-state index contributed by atoms with van der Waals surface area (Å²) in [5.74, 6) is 0. The molecule has 0 spiro atoms. The summed E-state index contributed by atoms with van der Waals surface area (Å²) in [7, 11) is 3.51. The van der Waals surface area contributed by atoms with Crippen LogP contribution in [0.4, 0.5) is 0 Å². The van der Waals surface area contributed by atoms with E-state index < -0.39 is 0 Å². The Morgan fingerprint density at radius 1 is 1.07 bits per heavy atom. The van der Waals surface area contributed by atoms with E-state index in [1.807, 2.05) is 0 Å². The van der Waals surface area contributed by atoms with Crippen LogP contribution in [0.15, 0.2) is 0 Å². The van der Waals surface area contributed by atoms with E-state index in [0.29, 0.717) is 6.04 Å². The minimum atomic E-state index is 0.674. The standard InChI is InChI=1S/C11H23N2O2/c1-14-9-7-13(8-10-15-2)11-3-5-12-6-4-11/h11H,3-10H2,1-2H3. The molecule has 0 N–H and O–H groups in total. The lowest BCUT2D eigenvalue weighted by atomic mass is 10.0. The Labute approximate surface area is 92.9 Å². The van der Waals surface area contributed by atoms with E-state index in [9.17, 15) is 0 Å². The van der Waals surface area contributed by atoms with Gasteiger partial charge in [0.15, 0.2) is 0 Å². The van der Waals surface area contributed by atoms with Crippen LogP contribution >= 0.6 is 0 Å². The third-order valence-electron chi connectivity index (χ3n) is 2.92. The molecule has 4 heteroatoms. The maximum absolute atomic E-state index is 5.14. The fraction of sp³-hybridized carbons (Fsp3) is 1.00. The Hall–Kier alpha value is -0.160. The van der Waals surface area contributed by atoms with Gasteiger partial charge in [-0.1, -0.05) is 0 Å². The Bertz CT molecular complexity index is 142. The van der Waals surface area contributed by atoms with Crippen LogP contribution in [0, 0.1) is 0 Å². The van der Waals surface area contributed by atoms with Crippen LogP contribution in [-0.4, -0.2) is 64.6 Å². The zero-order chi connectivity index (χ0) is 10.9. The molecule has 1 saturated heterocycles. The van der Waals surface area contributed by atoms with Crippen molar-refractivity contribution in [2.45, 2.75) is 18.9 Å². The van der Waals surface area contributed by atoms with E-state index in [-0.39, 0.29) is 0 Å². The lowest BCUT2D eigenvalue weighted by Crippen LogP contribution is -2.44. The van der Waals surface area contributed by atoms with E-state index in [4.69, 9.17) is 9.47 Å². The van der Waals surface area contributed by atoms with Crippen molar-refractivity contribution >= 4 is 0 Å². The van der Waals surface area contributed by atoms with Gasteiger partial charge in [0.05, 0.1) is 13.2 Å². The fourth-order valence-corrected chi connectivity index (χ4v) is 2.00. The molecule has 1 heterocycles. The number of hydrogen-bond donors (Lipinski definition) is 0. The molecule has 1 rings (SSSR count). The van der Waals surface area contributed by atoms with E-state index in [1.165, 1.54) is 12.8 Å². The summed E-state index contributed by atoms with van der Waals surface area (Å²) in [6, 6.07) is 0.674. The van der Waals surface area contributed by atoms with Crippen molar-refractivity contribution in [3.05, 3.63) is 0 Å². The van der Waals surface area contributed by atoms with E-state index in [0.717, 1.165) is 39.4 Å². The van der Waals surface area contributed by atoms with Gasteiger partial charge in [-0.3, -0.25) is 4.90 Å². The number of hydrogen-bond acceptors (Lipinski definition) is 3. The van der Waals surface area contributed by atoms with Gasteiger partial charge >= 0.3 is 0 Å². The Morgan fingerprint density at radius 2 is 1.60 bits per heavy atom. The highest BCUT2D eigenvalue weighted by molar-refractivity contribution is 4.77. The van der Waals surface area contributed by atoms with Crippen molar-refractivity contribution < 1.29 is 9.47 Å². The fourth-order valence-electron chi connectivity index (χ4n) is 2.00. The van der Waals surface area contributed by atoms with Crippen LogP contribution in [-0.2, 0) is 9.47 Å². The molecule has 0 amide bonds. The van der Waals surface area contributed by atoms with Crippen molar-refractivity contribution in [1.29, 1.82) is 0 Å². The molecule has 1 aliphatic rings. The lowest BCUT2D eigenvalue weighted by Gasteiger charge is -2.33. The zero-order valence-electron chi connectivity index (χ0n) is 9.95. The van der Waals surface area contributed by atoms with E-state index in [2.05, 4.69) is 10.2 Å². The first-order chi connectivity index (χ1) is 7.38. The summed E-state index contributed by atoms with van der Waals surface area (Å²) in [5, 5.41) is 4.38. The normalized spacial score (nSPS) is 18.6. The highest BCUT2D eigenvalue weighted by Gasteiger charge is 2.20. The van der Waals surface area contributed by atoms with Crippen LogP contribution in [0.3, 0.4) is 0 Å². The molecule has 89 valence electrons. The van der Waals surface area contributed by atoms with Gasteiger partial charge in [0.2, 0.25) is 0 Å². The van der Waals surface area contributed by atoms with Gasteiger partial charge in [-0.2, -0.15) is 0 Å². The molecule has 15 heavy (non-hydrogen) atoms. The summed E-state index contributed by atoms with van der Waals surface area (Å²) < 4.78 is 10.3. The summed E-state index contributed by atoms with van der Waals surface area (Å²) in [6.45, 7) is 5.64. The van der Waals surface area contributed by atoms with Gasteiger partial charge in [0.1, 0.15) is 0 Å². The predicted molar refractivity (Wildman–Crippen MR) is 60.2 cm³/mol. The molecule has 0 bridgehead atoms. The largest absolute Gasteiger partial charge is 0.383 e. The number of nitrogens with zero attached hydrogens (tertiary/aromatic N) is 2. The van der Waals surface area contributed by atoms with Gasteiger partial charge in [0.25, 0.3) is 0 Å². The molecule has 0 aromatic heterocycles. The Kier molecular flexibility index (Phi) is 6.92. The topological polar surface area (TPSA) is 35.8 Å². The van der Waals surface area contributed by atoms with Crippen LogP contribution in [0.25, 0.3) is 0 Å². The van der Waals surface area contributed by atoms with Crippen molar-refractivity contribution in [2.24, 2.45) is 0 Å². The first-order valence-corrected chi connectivity index (χ1v) is 5.73. The van der Waals surface area contributed by atoms with Crippen molar-refractivity contribution in [2.75, 3.05) is 53.6 Å². The molecule has 0 unspecified atom stereocenters. The first kappa shape index (κ1) is 12.9. The predicted octanol–water partition coefficient (Wildman–Crippen LogP) is 0.348. The Balaban J connectivity index is 2.30. The minimum Gasteiger partial charge on any atom is -0.383 e. The molecule has 0 aromatic rings. The van der Waals surface area contributed by atoms with Crippen LogP contribution in [0.5, 0.6) is 0 Å². The molecular formula is C11H23N2O2. The molecule has 4 nitrogen and oxygen atoms in total.